The smallest absolute Gasteiger partial charge is 0.319 e. The van der Waals surface area contributed by atoms with Crippen LogP contribution in [0.15, 0.2) is 42.5 Å². The van der Waals surface area contributed by atoms with E-state index in [0.717, 1.165) is 43.7 Å². The monoisotopic (exact) mass is 434 g/mol. The molecule has 2 fully saturated rings. The zero-order chi connectivity index (χ0) is 22.7. The SMILES string of the molecule is COc1ccc([C@@]23CC[C@@H](NC(=O)Nc4ccc(C#N)cc4)C[C@@H]2N(C)CC3)cc1OC. The van der Waals surface area contributed by atoms with E-state index in [0.29, 0.717) is 17.3 Å². The number of carbonyl (C=O) groups excluding carboxylic acids is 1. The average Bonchev–Trinajstić information content (AvgIpc) is 3.16. The van der Waals surface area contributed by atoms with Gasteiger partial charge in [-0.25, -0.2) is 4.79 Å². The minimum atomic E-state index is -0.209. The van der Waals surface area contributed by atoms with Crippen LogP contribution in [0.5, 0.6) is 11.5 Å². The second-order valence-electron chi connectivity index (χ2n) is 8.73. The van der Waals surface area contributed by atoms with E-state index in [2.05, 4.69) is 40.8 Å². The number of likely N-dealkylation sites (tertiary alicyclic amines) is 1. The molecule has 2 aliphatic rings. The van der Waals surface area contributed by atoms with Gasteiger partial charge in [0.2, 0.25) is 0 Å². The van der Waals surface area contributed by atoms with E-state index in [-0.39, 0.29) is 17.5 Å². The average molecular weight is 435 g/mol. The summed E-state index contributed by atoms with van der Waals surface area (Å²) < 4.78 is 11.0. The summed E-state index contributed by atoms with van der Waals surface area (Å²) >= 11 is 0. The van der Waals surface area contributed by atoms with Crippen molar-refractivity contribution in [2.75, 3.05) is 33.1 Å². The number of likely N-dealkylation sites (N-methyl/N-ethyl adjacent to an activating group) is 1. The van der Waals surface area contributed by atoms with Gasteiger partial charge in [-0.05, 0) is 81.2 Å². The number of urea groups is 1. The van der Waals surface area contributed by atoms with E-state index in [1.54, 1.807) is 38.5 Å². The van der Waals surface area contributed by atoms with Gasteiger partial charge in [0.05, 0.1) is 25.9 Å². The first-order valence-electron chi connectivity index (χ1n) is 11.0. The Morgan fingerprint density at radius 2 is 1.88 bits per heavy atom. The second kappa shape index (κ2) is 9.09. The van der Waals surface area contributed by atoms with Gasteiger partial charge in [0.25, 0.3) is 0 Å². The van der Waals surface area contributed by atoms with Gasteiger partial charge in [0.15, 0.2) is 11.5 Å². The lowest BCUT2D eigenvalue weighted by molar-refractivity contribution is 0.156. The van der Waals surface area contributed by atoms with Crippen LogP contribution in [-0.4, -0.2) is 50.8 Å². The number of benzene rings is 2. The first-order chi connectivity index (χ1) is 15.5. The molecule has 32 heavy (non-hydrogen) atoms. The number of hydrogen-bond acceptors (Lipinski definition) is 5. The molecule has 0 unspecified atom stereocenters. The van der Waals surface area contributed by atoms with Crippen molar-refractivity contribution in [2.24, 2.45) is 0 Å². The number of ether oxygens (including phenoxy) is 2. The number of rotatable bonds is 5. The Morgan fingerprint density at radius 1 is 1.12 bits per heavy atom. The number of nitrogens with zero attached hydrogens (tertiary/aromatic N) is 2. The number of carbonyl (C=O) groups is 1. The molecule has 3 atom stereocenters. The third kappa shape index (κ3) is 4.11. The fourth-order valence-corrected chi connectivity index (χ4v) is 5.38. The maximum atomic E-state index is 12.6. The molecule has 2 aromatic rings. The fraction of sp³-hybridized carbons (Fsp3) is 0.440. The van der Waals surface area contributed by atoms with Crippen LogP contribution < -0.4 is 20.1 Å². The van der Waals surface area contributed by atoms with E-state index in [9.17, 15) is 4.79 Å². The third-order valence-electron chi connectivity index (χ3n) is 7.09. The second-order valence-corrected chi connectivity index (χ2v) is 8.73. The van der Waals surface area contributed by atoms with Crippen LogP contribution >= 0.6 is 0 Å². The van der Waals surface area contributed by atoms with Crippen molar-refractivity contribution in [3.8, 4) is 17.6 Å². The van der Waals surface area contributed by atoms with E-state index < -0.39 is 0 Å². The number of amides is 2. The van der Waals surface area contributed by atoms with Crippen molar-refractivity contribution >= 4 is 11.7 Å². The molecule has 1 heterocycles. The highest BCUT2D eigenvalue weighted by atomic mass is 16.5. The molecule has 0 bridgehead atoms. The molecule has 4 rings (SSSR count). The Balaban J connectivity index is 1.46. The number of methoxy groups -OCH3 is 2. The molecule has 0 spiro atoms. The predicted molar refractivity (Wildman–Crippen MR) is 123 cm³/mol. The molecular weight excluding hydrogens is 404 g/mol. The Labute approximate surface area is 189 Å². The molecule has 0 aromatic heterocycles. The van der Waals surface area contributed by atoms with Crippen molar-refractivity contribution in [1.29, 1.82) is 5.26 Å². The zero-order valence-corrected chi connectivity index (χ0v) is 18.9. The van der Waals surface area contributed by atoms with Gasteiger partial charge in [-0.15, -0.1) is 0 Å². The largest absolute Gasteiger partial charge is 0.493 e. The molecule has 7 heteroatoms. The van der Waals surface area contributed by atoms with Crippen LogP contribution in [0.3, 0.4) is 0 Å². The molecule has 168 valence electrons. The quantitative estimate of drug-likeness (QED) is 0.746. The van der Waals surface area contributed by atoms with Gasteiger partial charge in [-0.2, -0.15) is 5.26 Å². The van der Waals surface area contributed by atoms with Gasteiger partial charge >= 0.3 is 6.03 Å². The van der Waals surface area contributed by atoms with E-state index in [4.69, 9.17) is 14.7 Å². The number of hydrogen-bond donors (Lipinski definition) is 2. The van der Waals surface area contributed by atoms with Gasteiger partial charge in [0.1, 0.15) is 0 Å². The summed E-state index contributed by atoms with van der Waals surface area (Å²) in [6, 6.07) is 15.5. The Morgan fingerprint density at radius 3 is 2.56 bits per heavy atom. The standard InChI is InChI=1S/C25H30N4O3/c1-29-13-12-25(18-6-9-21(31-2)22(14-18)32-3)11-10-20(15-23(25)29)28-24(30)27-19-7-4-17(16-26)5-8-19/h4-9,14,20,23H,10-13,15H2,1-3H3,(H2,27,28,30)/t20-,23+,25+/m1/s1. The molecule has 1 saturated carbocycles. The first kappa shape index (κ1) is 22.0. The van der Waals surface area contributed by atoms with Crippen molar-refractivity contribution in [2.45, 2.75) is 43.2 Å². The lowest BCUT2D eigenvalue weighted by Gasteiger charge is -2.45. The maximum absolute atomic E-state index is 12.6. The molecule has 2 amide bonds. The number of nitriles is 1. The number of nitrogens with one attached hydrogen (secondary N) is 2. The molecule has 1 saturated heterocycles. The Hall–Kier alpha value is -3.24. The summed E-state index contributed by atoms with van der Waals surface area (Å²) in [7, 11) is 5.50. The highest BCUT2D eigenvalue weighted by Crippen LogP contribution is 2.49. The van der Waals surface area contributed by atoms with E-state index >= 15 is 0 Å². The summed E-state index contributed by atoms with van der Waals surface area (Å²) in [5, 5.41) is 14.9. The topological polar surface area (TPSA) is 86.6 Å². The van der Waals surface area contributed by atoms with Crippen LogP contribution in [0.1, 0.15) is 36.8 Å². The van der Waals surface area contributed by atoms with E-state index in [1.165, 1.54) is 5.56 Å². The van der Waals surface area contributed by atoms with E-state index in [1.807, 2.05) is 6.07 Å². The van der Waals surface area contributed by atoms with Crippen molar-refractivity contribution in [1.82, 2.24) is 10.2 Å². The molecular formula is C25H30N4O3. The Kier molecular flexibility index (Phi) is 6.24. The normalized spacial score (nSPS) is 24.8. The van der Waals surface area contributed by atoms with Crippen molar-refractivity contribution in [3.05, 3.63) is 53.6 Å². The first-order valence-corrected chi connectivity index (χ1v) is 11.0. The van der Waals surface area contributed by atoms with Gasteiger partial charge < -0.3 is 25.0 Å². The van der Waals surface area contributed by atoms with Crippen LogP contribution in [0.4, 0.5) is 10.5 Å². The van der Waals surface area contributed by atoms with Crippen LogP contribution in [0, 0.1) is 11.3 Å². The van der Waals surface area contributed by atoms with Gasteiger partial charge in [-0.3, -0.25) is 0 Å². The van der Waals surface area contributed by atoms with Gasteiger partial charge in [0, 0.05) is 23.2 Å². The molecule has 7 nitrogen and oxygen atoms in total. The summed E-state index contributed by atoms with van der Waals surface area (Å²) in [4.78, 5) is 15.0. The fourth-order valence-electron chi connectivity index (χ4n) is 5.38. The van der Waals surface area contributed by atoms with Crippen LogP contribution in [0.2, 0.25) is 0 Å². The molecule has 2 N–H and O–H groups in total. The van der Waals surface area contributed by atoms with Crippen molar-refractivity contribution < 1.29 is 14.3 Å². The van der Waals surface area contributed by atoms with Crippen molar-refractivity contribution in [3.63, 3.8) is 0 Å². The minimum absolute atomic E-state index is 0.0517. The maximum Gasteiger partial charge on any atom is 0.319 e. The Bertz CT molecular complexity index is 1020. The molecule has 1 aliphatic heterocycles. The molecule has 2 aromatic carbocycles. The predicted octanol–water partition coefficient (Wildman–Crippen LogP) is 3.89. The number of anilines is 1. The van der Waals surface area contributed by atoms with Crippen LogP contribution in [-0.2, 0) is 5.41 Å². The summed E-state index contributed by atoms with van der Waals surface area (Å²) in [5.74, 6) is 1.50. The molecule has 1 aliphatic carbocycles. The number of fused-ring (bicyclic) bond motifs is 1. The minimum Gasteiger partial charge on any atom is -0.493 e. The van der Waals surface area contributed by atoms with Gasteiger partial charge in [-0.1, -0.05) is 6.07 Å². The van der Waals surface area contributed by atoms with Crippen LogP contribution in [0.25, 0.3) is 0 Å². The lowest BCUT2D eigenvalue weighted by Crippen LogP contribution is -2.52. The highest BCUT2D eigenvalue weighted by Gasteiger charge is 2.50. The summed E-state index contributed by atoms with van der Waals surface area (Å²) in [6.07, 6.45) is 3.90. The summed E-state index contributed by atoms with van der Waals surface area (Å²) in [5.41, 5.74) is 2.58. The highest BCUT2D eigenvalue weighted by molar-refractivity contribution is 5.89. The zero-order valence-electron chi connectivity index (χ0n) is 18.9. The lowest BCUT2D eigenvalue weighted by atomic mass is 9.65. The third-order valence-corrected chi connectivity index (χ3v) is 7.09. The summed E-state index contributed by atoms with van der Waals surface area (Å²) in [6.45, 7) is 1.03. The molecule has 0 radical (unpaired) electrons.